The SMILES string of the molecule is C=CCC(CC=C)(CC=C)C(=O)O[C@H]1C[C@H](C(C)(C)C)C=C2C=C[C@H](C)[C@](CC[C@@H]3C[C@H](C(C)(C)C)C(O[SiH](C)C)C(=O)O3)(O[SiH](C)C)[C@H]21. The lowest BCUT2D eigenvalue weighted by Crippen LogP contribution is -2.58. The fraction of sp³-hybridized carbons (Fsp3) is 0.707. The van der Waals surface area contributed by atoms with Gasteiger partial charge in [-0.15, -0.1) is 19.7 Å². The van der Waals surface area contributed by atoms with Crippen LogP contribution in [0, 0.1) is 39.9 Å². The van der Waals surface area contributed by atoms with Gasteiger partial charge in [-0.1, -0.05) is 84.9 Å². The topological polar surface area (TPSA) is 71.1 Å². The zero-order chi connectivity index (χ0) is 36.9. The summed E-state index contributed by atoms with van der Waals surface area (Å²) in [5.74, 6) is -0.269. The molecule has 3 aliphatic rings. The normalized spacial score (nSPS) is 30.8. The maximum atomic E-state index is 14.4. The maximum absolute atomic E-state index is 14.4. The predicted molar refractivity (Wildman–Crippen MR) is 207 cm³/mol. The van der Waals surface area contributed by atoms with Gasteiger partial charge >= 0.3 is 11.9 Å². The van der Waals surface area contributed by atoms with Crippen molar-refractivity contribution in [1.29, 1.82) is 0 Å². The minimum atomic E-state index is -1.61. The number of allylic oxidation sites excluding steroid dienone is 5. The van der Waals surface area contributed by atoms with Gasteiger partial charge in [-0.2, -0.15) is 0 Å². The van der Waals surface area contributed by atoms with Gasteiger partial charge in [0.2, 0.25) is 0 Å². The summed E-state index contributed by atoms with van der Waals surface area (Å²) in [6, 6.07) is 0. The van der Waals surface area contributed by atoms with Crippen LogP contribution >= 0.6 is 0 Å². The van der Waals surface area contributed by atoms with Gasteiger partial charge < -0.3 is 18.3 Å². The lowest BCUT2D eigenvalue weighted by atomic mass is 9.59. The molecule has 6 nitrogen and oxygen atoms in total. The molecule has 8 heteroatoms. The molecule has 1 aliphatic heterocycles. The van der Waals surface area contributed by atoms with Gasteiger partial charge in [-0.25, -0.2) is 4.79 Å². The highest BCUT2D eigenvalue weighted by Crippen LogP contribution is 2.53. The van der Waals surface area contributed by atoms with Crippen LogP contribution in [0.4, 0.5) is 0 Å². The molecule has 1 saturated heterocycles. The summed E-state index contributed by atoms with van der Waals surface area (Å²) < 4.78 is 26.5. The zero-order valence-electron chi connectivity index (χ0n) is 32.7. The van der Waals surface area contributed by atoms with Gasteiger partial charge in [-0.3, -0.25) is 4.79 Å². The Kier molecular flexibility index (Phi) is 14.0. The van der Waals surface area contributed by atoms with Crippen LogP contribution < -0.4 is 0 Å². The van der Waals surface area contributed by atoms with Crippen LogP contribution in [0.1, 0.15) is 93.4 Å². The predicted octanol–water partition coefficient (Wildman–Crippen LogP) is 9.29. The van der Waals surface area contributed by atoms with Crippen molar-refractivity contribution in [3.05, 3.63) is 61.8 Å². The number of carbonyl (C=O) groups is 2. The fourth-order valence-corrected chi connectivity index (χ4v) is 10.7. The van der Waals surface area contributed by atoms with Gasteiger partial charge in [0.25, 0.3) is 0 Å². The van der Waals surface area contributed by atoms with Crippen molar-refractivity contribution >= 4 is 30.0 Å². The molecule has 49 heavy (non-hydrogen) atoms. The van der Waals surface area contributed by atoms with Crippen molar-refractivity contribution in [3.63, 3.8) is 0 Å². The number of rotatable bonds is 15. The fourth-order valence-electron chi connectivity index (χ4n) is 8.50. The molecule has 1 heterocycles. The van der Waals surface area contributed by atoms with Crippen LogP contribution in [0.5, 0.6) is 0 Å². The van der Waals surface area contributed by atoms with Crippen LogP contribution in [-0.2, 0) is 27.9 Å². The molecule has 0 aromatic heterocycles. The highest BCUT2D eigenvalue weighted by Gasteiger charge is 2.55. The number of hydrogen-bond acceptors (Lipinski definition) is 6. The summed E-state index contributed by atoms with van der Waals surface area (Å²) in [6.07, 6.45) is 15.5. The van der Waals surface area contributed by atoms with E-state index in [0.717, 1.165) is 6.42 Å². The molecule has 1 unspecified atom stereocenters. The molecule has 276 valence electrons. The van der Waals surface area contributed by atoms with E-state index in [1.54, 1.807) is 18.2 Å². The summed E-state index contributed by atoms with van der Waals surface area (Å²) in [4.78, 5) is 27.9. The summed E-state index contributed by atoms with van der Waals surface area (Å²) in [5.41, 5.74) is -0.366. The highest BCUT2D eigenvalue weighted by molar-refractivity contribution is 6.49. The van der Waals surface area contributed by atoms with E-state index in [1.165, 1.54) is 5.57 Å². The lowest BCUT2D eigenvalue weighted by molar-refractivity contribution is -0.180. The van der Waals surface area contributed by atoms with Crippen LogP contribution in [0.25, 0.3) is 0 Å². The molecular formula is C41H68O6Si2. The minimum Gasteiger partial charge on any atom is -0.461 e. The molecule has 8 atom stereocenters. The minimum absolute atomic E-state index is 0.0218. The molecule has 3 rings (SSSR count). The summed E-state index contributed by atoms with van der Waals surface area (Å²) >= 11 is 0. The lowest BCUT2D eigenvalue weighted by Gasteiger charge is -2.54. The number of cyclic esters (lactones) is 1. The summed E-state index contributed by atoms with van der Waals surface area (Å²) in [7, 11) is -3.07. The Labute approximate surface area is 302 Å². The Balaban J connectivity index is 2.09. The van der Waals surface area contributed by atoms with Gasteiger partial charge in [0.05, 0.1) is 11.0 Å². The Morgan fingerprint density at radius 1 is 0.959 bits per heavy atom. The molecule has 0 aromatic carbocycles. The number of ether oxygens (including phenoxy) is 2. The molecule has 0 radical (unpaired) electrons. The van der Waals surface area contributed by atoms with E-state index < -0.39 is 35.2 Å². The first-order valence-corrected chi connectivity index (χ1v) is 24.3. The Bertz CT molecular complexity index is 1230. The second kappa shape index (κ2) is 16.6. The standard InChI is InChI=1S/C41H68O6Si2/c1-15-21-40(22-16-2,23-17-3)37(43)45-33-26-30(38(5,6)7)25-29-19-18-28(4)41(34(29)33,47-49(13)14)24-20-31-27-32(39(8,9)10)35(36(42)44-31)46-48(11)12/h15-19,25,28,30-35,48-49H,1-3,20-24,26-27H2,4-14H3/t28-,30+,31+,32-,33-,34+,35?,41-/m0/s1. The second-order valence-electron chi connectivity index (χ2n) is 17.7. The third kappa shape index (κ3) is 9.66. The molecule has 0 saturated carbocycles. The molecule has 2 aliphatic carbocycles. The maximum Gasteiger partial charge on any atom is 0.334 e. The van der Waals surface area contributed by atoms with Gasteiger partial charge in [0, 0.05) is 17.8 Å². The van der Waals surface area contributed by atoms with Crippen molar-refractivity contribution in [3.8, 4) is 0 Å². The number of carbonyl (C=O) groups excluding carboxylic acids is 2. The molecule has 0 aromatic rings. The van der Waals surface area contributed by atoms with E-state index in [0.29, 0.717) is 38.5 Å². The first kappa shape index (κ1) is 41.4. The smallest absolute Gasteiger partial charge is 0.334 e. The number of hydrogen-bond donors (Lipinski definition) is 0. The average molecular weight is 713 g/mol. The first-order valence-electron chi connectivity index (χ1n) is 18.7. The Morgan fingerprint density at radius 2 is 1.55 bits per heavy atom. The van der Waals surface area contributed by atoms with Crippen molar-refractivity contribution in [1.82, 2.24) is 0 Å². The summed E-state index contributed by atoms with van der Waals surface area (Å²) in [6.45, 7) is 36.2. The van der Waals surface area contributed by atoms with E-state index in [-0.39, 0.29) is 58.6 Å². The van der Waals surface area contributed by atoms with Crippen LogP contribution in [0.3, 0.4) is 0 Å². The van der Waals surface area contributed by atoms with E-state index in [4.69, 9.17) is 18.3 Å². The van der Waals surface area contributed by atoms with Gasteiger partial charge in [0.1, 0.15) is 18.3 Å². The molecule has 0 amide bonds. The van der Waals surface area contributed by atoms with Crippen LogP contribution in [-0.4, -0.2) is 53.9 Å². The Morgan fingerprint density at radius 3 is 2.04 bits per heavy atom. The van der Waals surface area contributed by atoms with Crippen molar-refractivity contribution in [2.24, 2.45) is 39.9 Å². The third-order valence-electron chi connectivity index (χ3n) is 11.1. The van der Waals surface area contributed by atoms with E-state index in [2.05, 4.69) is 113 Å². The highest BCUT2D eigenvalue weighted by atomic mass is 28.3. The van der Waals surface area contributed by atoms with Crippen LogP contribution in [0.15, 0.2) is 61.8 Å². The van der Waals surface area contributed by atoms with Gasteiger partial charge in [0.15, 0.2) is 18.1 Å². The third-order valence-corrected chi connectivity index (χ3v) is 12.9. The molecule has 0 N–H and O–H groups in total. The average Bonchev–Trinajstić information content (AvgIpc) is 2.97. The number of esters is 2. The monoisotopic (exact) mass is 712 g/mol. The quantitative estimate of drug-likeness (QED) is 0.0958. The van der Waals surface area contributed by atoms with Crippen LogP contribution in [0.2, 0.25) is 26.2 Å². The second-order valence-corrected chi connectivity index (χ2v) is 22.4. The molecule has 0 spiro atoms. The number of fused-ring (bicyclic) bond motifs is 1. The van der Waals surface area contributed by atoms with E-state index >= 15 is 0 Å². The van der Waals surface area contributed by atoms with Crippen molar-refractivity contribution in [2.75, 3.05) is 0 Å². The van der Waals surface area contributed by atoms with E-state index in [1.807, 2.05) is 0 Å². The molecule has 1 fully saturated rings. The molecular weight excluding hydrogens is 645 g/mol. The summed E-state index contributed by atoms with van der Waals surface area (Å²) in [5, 5.41) is 0. The van der Waals surface area contributed by atoms with Gasteiger partial charge in [-0.05, 0) is 93.5 Å². The van der Waals surface area contributed by atoms with Crippen molar-refractivity contribution in [2.45, 2.75) is 144 Å². The first-order chi connectivity index (χ1) is 22.7. The van der Waals surface area contributed by atoms with E-state index in [9.17, 15) is 9.59 Å². The van der Waals surface area contributed by atoms with Crippen molar-refractivity contribution < 1.29 is 27.9 Å². The molecule has 0 bridgehead atoms. The zero-order valence-corrected chi connectivity index (χ0v) is 35.0. The largest absolute Gasteiger partial charge is 0.461 e. The Hall–Kier alpha value is -2.01.